The zero-order valence-electron chi connectivity index (χ0n) is 39.6. The molecule has 2 heterocycles. The average molecular weight is 937 g/mol. The van der Waals surface area contributed by atoms with Gasteiger partial charge >= 0.3 is 11.9 Å². The minimum atomic E-state index is -1.78. The Bertz CT molecular complexity index is 1430. The van der Waals surface area contributed by atoms with E-state index in [9.17, 15) is 45.3 Å². The Morgan fingerprint density at radius 2 is 1.00 bits per heavy atom. The Balaban J connectivity index is 1.86. The van der Waals surface area contributed by atoms with Crippen LogP contribution < -0.4 is 0 Å². The van der Waals surface area contributed by atoms with E-state index in [1.165, 1.54) is 25.7 Å². The van der Waals surface area contributed by atoms with Crippen molar-refractivity contribution in [1.29, 1.82) is 0 Å². The summed E-state index contributed by atoms with van der Waals surface area (Å²) < 4.78 is 33.5. The molecule has 15 heteroatoms. The van der Waals surface area contributed by atoms with Crippen LogP contribution in [0, 0.1) is 0 Å². The van der Waals surface area contributed by atoms with Gasteiger partial charge in [-0.2, -0.15) is 0 Å². The molecule has 7 N–H and O–H groups in total. The number of allylic oxidation sites excluding steroid dienone is 12. The largest absolute Gasteiger partial charge is 0.462 e. The minimum absolute atomic E-state index is 0.106. The van der Waals surface area contributed by atoms with Crippen LogP contribution in [0.2, 0.25) is 0 Å². The summed E-state index contributed by atoms with van der Waals surface area (Å²) in [5, 5.41) is 72.0. The fourth-order valence-corrected chi connectivity index (χ4v) is 7.14. The van der Waals surface area contributed by atoms with E-state index in [1.54, 1.807) is 0 Å². The second kappa shape index (κ2) is 37.9. The molecular formula is C51H84O15. The molecule has 2 rings (SSSR count). The number of rotatable bonds is 36. The normalized spacial score (nSPS) is 26.8. The number of aliphatic hydroxyl groups is 7. The number of aliphatic hydroxyl groups excluding tert-OH is 7. The van der Waals surface area contributed by atoms with Crippen LogP contribution in [-0.2, 0) is 38.0 Å². The van der Waals surface area contributed by atoms with E-state index >= 15 is 0 Å². The van der Waals surface area contributed by atoms with E-state index in [1.807, 2.05) is 0 Å². The summed E-state index contributed by atoms with van der Waals surface area (Å²) in [6.07, 6.45) is 26.5. The Kier molecular flexibility index (Phi) is 33.9. The van der Waals surface area contributed by atoms with Gasteiger partial charge in [0.1, 0.15) is 55.4 Å². The van der Waals surface area contributed by atoms with Gasteiger partial charge < -0.3 is 64.2 Å². The van der Waals surface area contributed by atoms with Gasteiger partial charge in [-0.05, 0) is 77.0 Å². The Hall–Kier alpha value is -3.06. The van der Waals surface area contributed by atoms with Gasteiger partial charge in [0.2, 0.25) is 0 Å². The first kappa shape index (κ1) is 59.1. The Labute approximate surface area is 393 Å². The highest BCUT2D eigenvalue weighted by Gasteiger charge is 2.47. The van der Waals surface area contributed by atoms with E-state index < -0.39 is 99.3 Å². The molecule has 66 heavy (non-hydrogen) atoms. The molecule has 0 amide bonds. The van der Waals surface area contributed by atoms with Gasteiger partial charge in [-0.1, -0.05) is 125 Å². The van der Waals surface area contributed by atoms with Crippen molar-refractivity contribution in [2.45, 2.75) is 210 Å². The highest BCUT2D eigenvalue weighted by Crippen LogP contribution is 2.26. The highest BCUT2D eigenvalue weighted by atomic mass is 16.7. The van der Waals surface area contributed by atoms with Gasteiger partial charge in [-0.3, -0.25) is 9.59 Å². The average Bonchev–Trinajstić information content (AvgIpc) is 3.31. The maximum absolute atomic E-state index is 13.0. The van der Waals surface area contributed by atoms with Crippen molar-refractivity contribution < 1.29 is 73.8 Å². The minimum Gasteiger partial charge on any atom is -0.462 e. The summed E-state index contributed by atoms with van der Waals surface area (Å²) in [6.45, 7) is 2.37. The monoisotopic (exact) mass is 937 g/mol. The molecular weight excluding hydrogens is 853 g/mol. The molecule has 0 saturated carbocycles. The number of hydrogen-bond acceptors (Lipinski definition) is 15. The lowest BCUT2D eigenvalue weighted by Gasteiger charge is -2.42. The second-order valence-corrected chi connectivity index (χ2v) is 16.9. The topological polar surface area (TPSA) is 231 Å². The molecule has 0 aliphatic carbocycles. The summed E-state index contributed by atoms with van der Waals surface area (Å²) in [5.74, 6) is -0.999. The lowest BCUT2D eigenvalue weighted by atomic mass is 9.98. The van der Waals surface area contributed by atoms with Gasteiger partial charge in [0.15, 0.2) is 18.7 Å². The third-order valence-electron chi connectivity index (χ3n) is 11.2. The van der Waals surface area contributed by atoms with Crippen LogP contribution in [0.3, 0.4) is 0 Å². The zero-order valence-corrected chi connectivity index (χ0v) is 39.6. The number of esters is 2. The lowest BCUT2D eigenvalue weighted by Crippen LogP contribution is -2.61. The molecule has 2 saturated heterocycles. The first-order valence-corrected chi connectivity index (χ1v) is 24.5. The number of unbranched alkanes of at least 4 members (excludes halogenated alkanes) is 11. The molecule has 0 aromatic carbocycles. The van der Waals surface area contributed by atoms with Crippen LogP contribution in [0.1, 0.15) is 142 Å². The predicted octanol–water partition coefficient (Wildman–Crippen LogP) is 6.26. The van der Waals surface area contributed by atoms with Crippen LogP contribution in [-0.4, -0.2) is 142 Å². The van der Waals surface area contributed by atoms with E-state index in [0.29, 0.717) is 12.8 Å². The van der Waals surface area contributed by atoms with Crippen LogP contribution in [0.15, 0.2) is 72.9 Å². The van der Waals surface area contributed by atoms with Crippen molar-refractivity contribution >= 4 is 11.9 Å². The molecule has 0 aromatic rings. The Morgan fingerprint density at radius 1 is 0.515 bits per heavy atom. The smallest absolute Gasteiger partial charge is 0.306 e. The van der Waals surface area contributed by atoms with Gasteiger partial charge in [0.25, 0.3) is 0 Å². The highest BCUT2D eigenvalue weighted by molar-refractivity contribution is 5.70. The van der Waals surface area contributed by atoms with Crippen molar-refractivity contribution in [2.24, 2.45) is 0 Å². The first-order chi connectivity index (χ1) is 32.0. The van der Waals surface area contributed by atoms with Crippen LogP contribution in [0.5, 0.6) is 0 Å². The van der Waals surface area contributed by atoms with E-state index in [2.05, 4.69) is 86.8 Å². The second-order valence-electron chi connectivity index (χ2n) is 16.9. The molecule has 0 bridgehead atoms. The third-order valence-corrected chi connectivity index (χ3v) is 11.2. The summed E-state index contributed by atoms with van der Waals surface area (Å²) in [6, 6.07) is 0. The van der Waals surface area contributed by atoms with Gasteiger partial charge in [0, 0.05) is 12.8 Å². The van der Waals surface area contributed by atoms with Crippen LogP contribution in [0.25, 0.3) is 0 Å². The molecule has 0 radical (unpaired) electrons. The molecule has 2 aliphatic heterocycles. The number of hydrogen-bond donors (Lipinski definition) is 7. The van der Waals surface area contributed by atoms with Crippen molar-refractivity contribution in [2.75, 3.05) is 26.4 Å². The van der Waals surface area contributed by atoms with Crippen molar-refractivity contribution in [3.8, 4) is 0 Å². The standard InChI is InChI=1S/C51H84O15/c1-3-5-7-9-11-13-15-17-19-21-23-25-27-29-31-33-42(53)61-36-39(64-43(54)34-32-30-28-26-24-22-20-18-16-14-12-10-8-6-4-2)37-62-50-49(60)47(58)45(56)41(66-50)38-63-51-48(59)46(57)44(55)40(35-52)65-51/h6,8,12-15,17-20,24,26,39-41,44-52,55-60H,3-5,7,9-11,16,21-23,25,27-38H2,1-2H3/b8-6+,14-12+,15-13+,19-17+,20-18+,26-24+/t39-,40-,41-,44+,45+,46?,47?,48?,49?,50-,51-/m1/s1. The first-order valence-electron chi connectivity index (χ1n) is 24.5. The summed E-state index contributed by atoms with van der Waals surface area (Å²) >= 11 is 0. The SMILES string of the molecule is CC/C=C/C/C=C/C/C=C/C/C=C/CCCCC(=O)O[C@H](COC(=O)CCCCCCC/C=C/C=C/CCCCCC)CO[C@@H]1O[C@H](CO[C@@H]2O[C@H](CO)[C@H](O)C(O)C2O)[C@H](O)C(O)C1O. The summed E-state index contributed by atoms with van der Waals surface area (Å²) in [7, 11) is 0. The fourth-order valence-electron chi connectivity index (χ4n) is 7.14. The number of carbonyl (C=O) groups excluding carboxylic acids is 2. The molecule has 0 aromatic heterocycles. The van der Waals surface area contributed by atoms with Crippen LogP contribution in [0.4, 0.5) is 0 Å². The lowest BCUT2D eigenvalue weighted by molar-refractivity contribution is -0.332. The molecule has 2 fully saturated rings. The summed E-state index contributed by atoms with van der Waals surface area (Å²) in [4.78, 5) is 25.7. The Morgan fingerprint density at radius 3 is 1.62 bits per heavy atom. The van der Waals surface area contributed by atoms with Gasteiger partial charge in [-0.15, -0.1) is 0 Å². The number of ether oxygens (including phenoxy) is 6. The molecule has 2 aliphatic rings. The predicted molar refractivity (Wildman–Crippen MR) is 252 cm³/mol. The maximum atomic E-state index is 13.0. The third kappa shape index (κ3) is 25.9. The van der Waals surface area contributed by atoms with Crippen molar-refractivity contribution in [3.63, 3.8) is 0 Å². The molecule has 378 valence electrons. The number of carbonyl (C=O) groups is 2. The molecule has 4 unspecified atom stereocenters. The maximum Gasteiger partial charge on any atom is 0.306 e. The van der Waals surface area contributed by atoms with Crippen LogP contribution >= 0.6 is 0 Å². The van der Waals surface area contributed by atoms with Gasteiger partial charge in [0.05, 0.1) is 19.8 Å². The van der Waals surface area contributed by atoms with Gasteiger partial charge in [-0.25, -0.2) is 0 Å². The quantitative estimate of drug-likeness (QED) is 0.0159. The van der Waals surface area contributed by atoms with E-state index in [4.69, 9.17) is 28.4 Å². The zero-order chi connectivity index (χ0) is 48.2. The van der Waals surface area contributed by atoms with Crippen molar-refractivity contribution in [3.05, 3.63) is 72.9 Å². The fraction of sp³-hybridized carbons (Fsp3) is 0.725. The molecule has 15 nitrogen and oxygen atoms in total. The van der Waals surface area contributed by atoms with Crippen molar-refractivity contribution in [1.82, 2.24) is 0 Å². The van der Waals surface area contributed by atoms with E-state index in [-0.39, 0.29) is 19.4 Å². The molecule has 0 spiro atoms. The molecule has 11 atom stereocenters. The van der Waals surface area contributed by atoms with E-state index in [0.717, 1.165) is 77.0 Å². The summed E-state index contributed by atoms with van der Waals surface area (Å²) in [5.41, 5.74) is 0.